The van der Waals surface area contributed by atoms with Crippen LogP contribution in [0.3, 0.4) is 0 Å². The molecule has 0 saturated heterocycles. The summed E-state index contributed by atoms with van der Waals surface area (Å²) in [6.07, 6.45) is -3.72. The Morgan fingerprint density at radius 3 is 1.37 bits per heavy atom. The van der Waals surface area contributed by atoms with Gasteiger partial charge in [-0.15, -0.1) is 0 Å². The summed E-state index contributed by atoms with van der Waals surface area (Å²) < 4.78 is 21.5. The second kappa shape index (κ2) is 10.2. The SMILES string of the molecule is COC(=O)[C@]12Oc3ccc(-c4ccc5c(c4O)C(O)=C4C(=O)C[C@@H](C)[C@H](O)[C@]4(C(=O)OC)O5)c(O)c3C(O)=C1C(=O)C[C@H](C)[C@H]2O. The zero-order chi connectivity index (χ0) is 33.6. The van der Waals surface area contributed by atoms with Crippen LogP contribution in [0.25, 0.3) is 22.6 Å². The van der Waals surface area contributed by atoms with Crippen molar-refractivity contribution in [1.29, 1.82) is 0 Å². The van der Waals surface area contributed by atoms with Gasteiger partial charge in [0.25, 0.3) is 11.2 Å². The molecule has 2 aromatic rings. The van der Waals surface area contributed by atoms with Gasteiger partial charge in [-0.05, 0) is 36.1 Å². The molecule has 2 heterocycles. The van der Waals surface area contributed by atoms with Crippen molar-refractivity contribution in [2.75, 3.05) is 14.2 Å². The van der Waals surface area contributed by atoms with Crippen LogP contribution in [0.2, 0.25) is 0 Å². The van der Waals surface area contributed by atoms with Gasteiger partial charge >= 0.3 is 11.9 Å². The van der Waals surface area contributed by atoms with E-state index in [2.05, 4.69) is 0 Å². The summed E-state index contributed by atoms with van der Waals surface area (Å²) >= 11 is 0. The van der Waals surface area contributed by atoms with Crippen LogP contribution in [-0.4, -0.2) is 91.8 Å². The van der Waals surface area contributed by atoms with Gasteiger partial charge in [0.05, 0.1) is 25.4 Å². The molecular weight excluding hydrogens is 608 g/mol. The van der Waals surface area contributed by atoms with Crippen LogP contribution >= 0.6 is 0 Å². The number of aliphatic hydroxyl groups is 4. The predicted molar refractivity (Wildman–Crippen MR) is 155 cm³/mol. The Balaban J connectivity index is 1.55. The van der Waals surface area contributed by atoms with Crippen LogP contribution in [0.4, 0.5) is 0 Å². The molecule has 6 atom stereocenters. The van der Waals surface area contributed by atoms with Gasteiger partial charge < -0.3 is 49.6 Å². The molecule has 4 aliphatic rings. The molecule has 0 bridgehead atoms. The quantitative estimate of drug-likeness (QED) is 0.264. The minimum absolute atomic E-state index is 0.163. The topological polar surface area (TPSA) is 227 Å². The van der Waals surface area contributed by atoms with Gasteiger partial charge in [0.15, 0.2) is 11.6 Å². The summed E-state index contributed by atoms with van der Waals surface area (Å²) in [6, 6.07) is 4.92. The monoisotopic (exact) mass is 638 g/mol. The van der Waals surface area contributed by atoms with Gasteiger partial charge in [0.2, 0.25) is 0 Å². The zero-order valence-corrected chi connectivity index (χ0v) is 25.0. The van der Waals surface area contributed by atoms with E-state index in [1.165, 1.54) is 38.1 Å². The number of hydrogen-bond donors (Lipinski definition) is 6. The smallest absolute Gasteiger partial charge is 0.358 e. The normalized spacial score (nSPS) is 29.9. The average Bonchev–Trinajstić information content (AvgIpc) is 3.01. The number of phenols is 2. The number of carbonyl (C=O) groups is 4. The molecule has 2 aromatic carbocycles. The number of ether oxygens (including phenoxy) is 4. The molecule has 2 saturated carbocycles. The number of rotatable bonds is 3. The summed E-state index contributed by atoms with van der Waals surface area (Å²) in [5.74, 6) is -9.01. The van der Waals surface area contributed by atoms with E-state index in [-0.39, 0.29) is 35.5 Å². The molecule has 0 radical (unpaired) electrons. The van der Waals surface area contributed by atoms with Gasteiger partial charge in [0.1, 0.15) is 57.9 Å². The van der Waals surface area contributed by atoms with E-state index in [1.807, 2.05) is 0 Å². The van der Waals surface area contributed by atoms with Crippen molar-refractivity contribution in [2.24, 2.45) is 11.8 Å². The van der Waals surface area contributed by atoms with Crippen LogP contribution in [0.1, 0.15) is 37.8 Å². The molecule has 2 aliphatic heterocycles. The highest BCUT2D eigenvalue weighted by Gasteiger charge is 2.64. The summed E-state index contributed by atoms with van der Waals surface area (Å²) in [6.45, 7) is 3.04. The van der Waals surface area contributed by atoms with E-state index in [4.69, 9.17) is 18.9 Å². The zero-order valence-electron chi connectivity index (χ0n) is 25.0. The van der Waals surface area contributed by atoms with E-state index >= 15 is 0 Å². The largest absolute Gasteiger partial charge is 0.506 e. The number of carbonyl (C=O) groups excluding carboxylic acids is 4. The second-order valence-corrected chi connectivity index (χ2v) is 11.9. The van der Waals surface area contributed by atoms with Crippen LogP contribution in [-0.2, 0) is 28.7 Å². The van der Waals surface area contributed by atoms with Crippen molar-refractivity contribution in [3.63, 3.8) is 0 Å². The fourth-order valence-corrected chi connectivity index (χ4v) is 7.00. The minimum Gasteiger partial charge on any atom is -0.506 e. The molecule has 0 unspecified atom stereocenters. The molecule has 6 rings (SSSR count). The number of hydrogen-bond acceptors (Lipinski definition) is 14. The maximum absolute atomic E-state index is 13.2. The van der Waals surface area contributed by atoms with E-state index in [0.717, 1.165) is 14.2 Å². The van der Waals surface area contributed by atoms with Crippen molar-refractivity contribution in [2.45, 2.75) is 50.1 Å². The van der Waals surface area contributed by atoms with Crippen molar-refractivity contribution in [3.05, 3.63) is 46.5 Å². The lowest BCUT2D eigenvalue weighted by Crippen LogP contribution is -2.64. The van der Waals surface area contributed by atoms with Gasteiger partial charge in [0, 0.05) is 24.0 Å². The number of ketones is 2. The molecule has 242 valence electrons. The maximum atomic E-state index is 13.2. The summed E-state index contributed by atoms with van der Waals surface area (Å²) in [4.78, 5) is 52.3. The van der Waals surface area contributed by atoms with Gasteiger partial charge in [-0.3, -0.25) is 9.59 Å². The molecule has 46 heavy (non-hydrogen) atoms. The molecule has 0 aromatic heterocycles. The van der Waals surface area contributed by atoms with Gasteiger partial charge in [-0.1, -0.05) is 13.8 Å². The van der Waals surface area contributed by atoms with Crippen LogP contribution in [0.15, 0.2) is 35.4 Å². The molecule has 2 aliphatic carbocycles. The van der Waals surface area contributed by atoms with Crippen LogP contribution in [0, 0.1) is 11.8 Å². The van der Waals surface area contributed by atoms with E-state index in [9.17, 15) is 49.8 Å². The Bertz CT molecular complexity index is 1690. The molecule has 2 fully saturated rings. The molecule has 6 N–H and O–H groups in total. The van der Waals surface area contributed by atoms with Crippen LogP contribution in [0.5, 0.6) is 23.0 Å². The third-order valence-electron chi connectivity index (χ3n) is 9.26. The third-order valence-corrected chi connectivity index (χ3v) is 9.26. The molecular formula is C32H30O14. The highest BCUT2D eigenvalue weighted by Crippen LogP contribution is 2.55. The van der Waals surface area contributed by atoms with Gasteiger partial charge in [-0.25, -0.2) is 9.59 Å². The number of aliphatic hydroxyl groups excluding tert-OH is 4. The molecule has 0 spiro atoms. The Morgan fingerprint density at radius 2 is 1.04 bits per heavy atom. The molecule has 14 heteroatoms. The summed E-state index contributed by atoms with van der Waals surface area (Å²) in [7, 11) is 2.04. The number of aromatic hydroxyl groups is 2. The van der Waals surface area contributed by atoms with Gasteiger partial charge in [-0.2, -0.15) is 0 Å². The minimum atomic E-state index is -2.42. The lowest BCUT2D eigenvalue weighted by molar-refractivity contribution is -0.173. The Labute approximate surface area is 260 Å². The second-order valence-electron chi connectivity index (χ2n) is 11.9. The lowest BCUT2D eigenvalue weighted by atomic mass is 9.69. The first-order chi connectivity index (χ1) is 21.7. The number of methoxy groups -OCH3 is 2. The highest BCUT2D eigenvalue weighted by molar-refractivity contribution is 6.14. The van der Waals surface area contributed by atoms with E-state index in [0.29, 0.717) is 0 Å². The third kappa shape index (κ3) is 3.70. The van der Waals surface area contributed by atoms with E-state index < -0.39 is 104 Å². The fourth-order valence-electron chi connectivity index (χ4n) is 7.00. The lowest BCUT2D eigenvalue weighted by Gasteiger charge is -2.45. The number of phenolic OH excluding ortho intramolecular Hbond substituents is 2. The average molecular weight is 639 g/mol. The predicted octanol–water partition coefficient (Wildman–Crippen LogP) is 1.85. The number of Topliss-reactive ketones (excluding diaryl/α,β-unsaturated/α-hetero) is 2. The Morgan fingerprint density at radius 1 is 0.696 bits per heavy atom. The molecule has 0 amide bonds. The summed E-state index contributed by atoms with van der Waals surface area (Å²) in [5.41, 5.74) is -7.25. The summed E-state index contributed by atoms with van der Waals surface area (Å²) in [5, 5.41) is 67.7. The first kappa shape index (κ1) is 30.9. The van der Waals surface area contributed by atoms with Crippen molar-refractivity contribution >= 4 is 35.0 Å². The van der Waals surface area contributed by atoms with Crippen molar-refractivity contribution < 1.29 is 68.8 Å². The number of fused-ring (bicyclic) bond motifs is 4. The Hall–Kier alpha value is -5.08. The van der Waals surface area contributed by atoms with Crippen molar-refractivity contribution in [3.8, 4) is 34.1 Å². The molecule has 14 nitrogen and oxygen atoms in total. The fraction of sp³-hybridized carbons (Fsp3) is 0.375. The Kier molecular flexibility index (Phi) is 6.87. The number of esters is 2. The van der Waals surface area contributed by atoms with Crippen LogP contribution < -0.4 is 9.47 Å². The van der Waals surface area contributed by atoms with E-state index in [1.54, 1.807) is 0 Å². The standard InChI is InChI=1S/C32H30O14/c1-11-9-15(33)21-25(37)19-17(45-31(21,27(11)39)29(41)43-3)7-5-13(23(19)35)14-6-8-18-20(24(14)36)26(38)22-16(34)10-12(2)28(40)32(22,46-18)30(42)44-4/h5-8,11-12,27-28,35-40H,9-10H2,1-4H3/t11-,12+,27+,28-,31-,32+. The first-order valence-corrected chi connectivity index (χ1v) is 14.3. The highest BCUT2D eigenvalue weighted by atomic mass is 16.6. The maximum Gasteiger partial charge on any atom is 0.358 e. The van der Waals surface area contributed by atoms with Crippen molar-refractivity contribution in [1.82, 2.24) is 0 Å². The number of benzene rings is 2. The first-order valence-electron chi connectivity index (χ1n) is 14.3.